The monoisotopic (exact) mass is 392 g/mol. The van der Waals surface area contributed by atoms with Gasteiger partial charge in [0.1, 0.15) is 0 Å². The fourth-order valence-corrected chi connectivity index (χ4v) is 5.12. The molecule has 1 aliphatic carbocycles. The van der Waals surface area contributed by atoms with Gasteiger partial charge in [-0.25, -0.2) is 0 Å². The molecule has 0 saturated carbocycles. The van der Waals surface area contributed by atoms with Crippen molar-refractivity contribution in [3.05, 3.63) is 46.3 Å². The van der Waals surface area contributed by atoms with Crippen LogP contribution >= 0.6 is 23.7 Å². The maximum absolute atomic E-state index is 12.6. The molecule has 0 bridgehead atoms. The zero-order chi connectivity index (χ0) is 17.6. The maximum atomic E-state index is 12.6. The first kappa shape index (κ1) is 19.4. The van der Waals surface area contributed by atoms with Crippen LogP contribution < -0.4 is 10.6 Å². The molecule has 1 amide bonds. The van der Waals surface area contributed by atoms with Crippen molar-refractivity contribution in [2.75, 3.05) is 19.6 Å². The summed E-state index contributed by atoms with van der Waals surface area (Å²) < 4.78 is 0. The van der Waals surface area contributed by atoms with Crippen LogP contribution in [0.1, 0.15) is 34.6 Å². The summed E-state index contributed by atoms with van der Waals surface area (Å²) in [6.07, 6.45) is 0.582. The Labute approximate surface area is 164 Å². The highest BCUT2D eigenvalue weighted by Gasteiger charge is 2.33. The highest BCUT2D eigenvalue weighted by molar-refractivity contribution is 7.17. The molecule has 140 valence electrons. The van der Waals surface area contributed by atoms with Gasteiger partial charge in [0.05, 0.1) is 11.0 Å². The molecule has 1 aliphatic heterocycles. The summed E-state index contributed by atoms with van der Waals surface area (Å²) in [7, 11) is 0. The Hall–Kier alpha value is -1.40. The van der Waals surface area contributed by atoms with Gasteiger partial charge in [-0.15, -0.1) is 23.7 Å². The topological polar surface area (TPSA) is 61.4 Å². The van der Waals surface area contributed by atoms with Gasteiger partial charge >= 0.3 is 0 Å². The van der Waals surface area contributed by atoms with Crippen molar-refractivity contribution in [1.29, 1.82) is 0 Å². The van der Waals surface area contributed by atoms with Crippen molar-refractivity contribution < 1.29 is 9.90 Å². The van der Waals surface area contributed by atoms with Crippen LogP contribution in [0, 0.1) is 5.92 Å². The lowest BCUT2D eigenvalue weighted by molar-refractivity contribution is 0.0931. The minimum absolute atomic E-state index is 0. The summed E-state index contributed by atoms with van der Waals surface area (Å²) in [6, 6.07) is 10.6. The number of benzene rings is 1. The van der Waals surface area contributed by atoms with E-state index in [1.165, 1.54) is 21.6 Å². The Balaban J connectivity index is 0.00000196. The van der Waals surface area contributed by atoms with Gasteiger partial charge in [0, 0.05) is 30.4 Å². The molecule has 1 saturated heterocycles. The number of hydrogen-bond acceptors (Lipinski definition) is 4. The van der Waals surface area contributed by atoms with Crippen molar-refractivity contribution in [2.45, 2.75) is 31.8 Å². The molecule has 1 aromatic carbocycles. The molecular weight excluding hydrogens is 368 g/mol. The molecule has 3 N–H and O–H groups in total. The van der Waals surface area contributed by atoms with Crippen molar-refractivity contribution in [2.24, 2.45) is 5.92 Å². The summed E-state index contributed by atoms with van der Waals surface area (Å²) in [6.45, 7) is 6.41. The van der Waals surface area contributed by atoms with Crippen molar-refractivity contribution in [1.82, 2.24) is 10.6 Å². The average molecular weight is 393 g/mol. The van der Waals surface area contributed by atoms with Crippen LogP contribution in [0.4, 0.5) is 0 Å². The fourth-order valence-electron chi connectivity index (χ4n) is 3.98. The number of thiophene rings is 1. The second-order valence-electron chi connectivity index (χ2n) is 7.77. The summed E-state index contributed by atoms with van der Waals surface area (Å²) in [5, 5.41) is 16.0. The van der Waals surface area contributed by atoms with Gasteiger partial charge in [0.25, 0.3) is 5.91 Å². The molecule has 2 aliphatic rings. The molecule has 6 heteroatoms. The third-order valence-electron chi connectivity index (χ3n) is 5.39. The fraction of sp³-hybridized carbons (Fsp3) is 0.450. The van der Waals surface area contributed by atoms with E-state index < -0.39 is 0 Å². The van der Waals surface area contributed by atoms with Crippen molar-refractivity contribution in [3.63, 3.8) is 0 Å². The molecular formula is C20H25ClN2O2S. The minimum Gasteiger partial charge on any atom is -0.391 e. The number of carbonyl (C=O) groups is 1. The highest BCUT2D eigenvalue weighted by Crippen LogP contribution is 2.46. The van der Waals surface area contributed by atoms with Gasteiger partial charge in [-0.2, -0.15) is 0 Å². The van der Waals surface area contributed by atoms with Crippen LogP contribution in [0.25, 0.3) is 10.4 Å². The lowest BCUT2D eigenvalue weighted by atomic mass is 9.73. The Morgan fingerprint density at radius 3 is 2.85 bits per heavy atom. The Morgan fingerprint density at radius 2 is 2.12 bits per heavy atom. The number of carbonyl (C=O) groups excluding carboxylic acids is 1. The van der Waals surface area contributed by atoms with E-state index in [1.807, 2.05) is 0 Å². The summed E-state index contributed by atoms with van der Waals surface area (Å²) in [5.74, 6) is 0.0620. The van der Waals surface area contributed by atoms with Crippen LogP contribution in [0.3, 0.4) is 0 Å². The normalized spacial score (nSPS) is 22.9. The molecule has 26 heavy (non-hydrogen) atoms. The first-order chi connectivity index (χ1) is 12.0. The highest BCUT2D eigenvalue weighted by atomic mass is 35.5. The molecule has 4 nitrogen and oxygen atoms in total. The predicted molar refractivity (Wildman–Crippen MR) is 108 cm³/mol. The number of aliphatic hydroxyl groups is 1. The van der Waals surface area contributed by atoms with Crippen LogP contribution in [0.2, 0.25) is 0 Å². The number of amides is 1. The first-order valence-electron chi connectivity index (χ1n) is 8.85. The molecule has 0 radical (unpaired) electrons. The van der Waals surface area contributed by atoms with E-state index in [0.29, 0.717) is 13.1 Å². The van der Waals surface area contributed by atoms with E-state index in [0.717, 1.165) is 17.8 Å². The molecule has 2 atom stereocenters. The quantitative estimate of drug-likeness (QED) is 0.752. The van der Waals surface area contributed by atoms with E-state index in [2.05, 4.69) is 54.8 Å². The zero-order valence-electron chi connectivity index (χ0n) is 15.0. The van der Waals surface area contributed by atoms with Crippen LogP contribution in [-0.4, -0.2) is 36.8 Å². The Morgan fingerprint density at radius 1 is 1.35 bits per heavy atom. The van der Waals surface area contributed by atoms with Crippen LogP contribution in [0.5, 0.6) is 0 Å². The number of aliphatic hydroxyl groups excluding tert-OH is 1. The maximum Gasteiger partial charge on any atom is 0.261 e. The number of hydrogen-bond donors (Lipinski definition) is 3. The predicted octanol–water partition coefficient (Wildman–Crippen LogP) is 2.98. The SMILES string of the molecule is CC1(C)Cc2cc(C(=O)NCC3CNCC3O)sc2-c2ccccc21.Cl. The molecule has 1 aromatic heterocycles. The number of rotatable bonds is 3. The van der Waals surface area contributed by atoms with E-state index in [1.54, 1.807) is 11.3 Å². The minimum atomic E-state index is -0.371. The van der Waals surface area contributed by atoms with Gasteiger partial charge in [0.15, 0.2) is 0 Å². The molecule has 2 unspecified atom stereocenters. The number of nitrogens with one attached hydrogen (secondary N) is 2. The Bertz CT molecular complexity index is 818. The molecule has 0 spiro atoms. The van der Waals surface area contributed by atoms with E-state index in [4.69, 9.17) is 0 Å². The first-order valence-corrected chi connectivity index (χ1v) is 9.67. The number of halogens is 1. The van der Waals surface area contributed by atoms with Gasteiger partial charge in [-0.1, -0.05) is 38.1 Å². The zero-order valence-corrected chi connectivity index (χ0v) is 16.7. The van der Waals surface area contributed by atoms with Gasteiger partial charge in [0.2, 0.25) is 0 Å². The lowest BCUT2D eigenvalue weighted by Gasteiger charge is -2.32. The molecule has 2 aromatic rings. The van der Waals surface area contributed by atoms with Crippen LogP contribution in [-0.2, 0) is 11.8 Å². The lowest BCUT2D eigenvalue weighted by Crippen LogP contribution is -2.34. The van der Waals surface area contributed by atoms with Crippen molar-refractivity contribution in [3.8, 4) is 10.4 Å². The summed E-state index contributed by atoms with van der Waals surface area (Å²) in [5.41, 5.74) is 3.96. The standard InChI is InChI=1S/C20H24N2O2S.ClH/c1-20(2)8-12-7-17(19(24)22-10-13-9-21-11-16(13)23)25-18(12)14-5-3-4-6-15(14)20;/h3-7,13,16,21,23H,8-11H2,1-2H3,(H,22,24);1H. The van der Waals surface area contributed by atoms with Crippen molar-refractivity contribution >= 4 is 29.7 Å². The third-order valence-corrected chi connectivity index (χ3v) is 6.60. The van der Waals surface area contributed by atoms with Gasteiger partial charge < -0.3 is 15.7 Å². The van der Waals surface area contributed by atoms with Gasteiger partial charge in [-0.3, -0.25) is 4.79 Å². The molecule has 2 heterocycles. The van der Waals surface area contributed by atoms with E-state index in [9.17, 15) is 9.90 Å². The second kappa shape index (κ2) is 7.31. The van der Waals surface area contributed by atoms with Gasteiger partial charge in [-0.05, 0) is 34.6 Å². The van der Waals surface area contributed by atoms with E-state index >= 15 is 0 Å². The largest absolute Gasteiger partial charge is 0.391 e. The molecule has 4 rings (SSSR count). The number of β-amino-alcohol motifs (C(OH)–C–C–N with tert-alkyl or cyclic N) is 1. The summed E-state index contributed by atoms with van der Waals surface area (Å²) in [4.78, 5) is 14.6. The third kappa shape index (κ3) is 3.41. The number of fused-ring (bicyclic) bond motifs is 3. The Kier molecular flexibility index (Phi) is 5.45. The smallest absolute Gasteiger partial charge is 0.261 e. The van der Waals surface area contributed by atoms with E-state index in [-0.39, 0.29) is 35.8 Å². The summed E-state index contributed by atoms with van der Waals surface area (Å²) >= 11 is 1.58. The molecule has 1 fully saturated rings. The van der Waals surface area contributed by atoms with Crippen LogP contribution in [0.15, 0.2) is 30.3 Å². The average Bonchev–Trinajstić information content (AvgIpc) is 3.18. The second-order valence-corrected chi connectivity index (χ2v) is 8.82.